The van der Waals surface area contributed by atoms with Gasteiger partial charge in [-0.05, 0) is 46.6 Å². The van der Waals surface area contributed by atoms with Crippen LogP contribution in [0.1, 0.15) is 73.1 Å². The van der Waals surface area contributed by atoms with Gasteiger partial charge in [-0.1, -0.05) is 33.1 Å². The molecule has 0 aliphatic heterocycles. The second kappa shape index (κ2) is 13.0. The van der Waals surface area contributed by atoms with Gasteiger partial charge in [0.1, 0.15) is 5.60 Å². The summed E-state index contributed by atoms with van der Waals surface area (Å²) in [6.07, 6.45) is 6.31. The zero-order valence-electron chi connectivity index (χ0n) is 18.0. The third-order valence-corrected chi connectivity index (χ3v) is 4.35. The first-order valence-corrected chi connectivity index (χ1v) is 10.1. The molecule has 26 heavy (non-hydrogen) atoms. The molecular weight excluding hydrogens is 330 g/mol. The van der Waals surface area contributed by atoms with Gasteiger partial charge in [0.2, 0.25) is 5.91 Å². The van der Waals surface area contributed by atoms with Gasteiger partial charge < -0.3 is 20.3 Å². The maximum atomic E-state index is 12.1. The second-order valence-electron chi connectivity index (χ2n) is 7.86. The standard InChI is InChI=1S/C18H35N3O3.C2H6/c1-18(2,3)24-17(23)21(5)13-15(19-4)11-16(22)20-12-14-9-7-6-8-10-14;1-2/h14-15,19H,6-13H2,1-5H3,(H,20,22);1-2H3. The van der Waals surface area contributed by atoms with Crippen LogP contribution in [0.4, 0.5) is 4.79 Å². The Morgan fingerprint density at radius 1 is 1.15 bits per heavy atom. The van der Waals surface area contributed by atoms with Gasteiger partial charge in [0.15, 0.2) is 0 Å². The van der Waals surface area contributed by atoms with Gasteiger partial charge in [-0.25, -0.2) is 4.79 Å². The van der Waals surface area contributed by atoms with E-state index in [1.54, 1.807) is 7.05 Å². The summed E-state index contributed by atoms with van der Waals surface area (Å²) in [6.45, 7) is 10.7. The summed E-state index contributed by atoms with van der Waals surface area (Å²) in [5.74, 6) is 0.665. The summed E-state index contributed by atoms with van der Waals surface area (Å²) < 4.78 is 5.34. The van der Waals surface area contributed by atoms with E-state index in [0.717, 1.165) is 6.54 Å². The normalized spacial score (nSPS) is 16.1. The van der Waals surface area contributed by atoms with Gasteiger partial charge in [0.25, 0.3) is 0 Å². The van der Waals surface area contributed by atoms with Gasteiger partial charge in [-0.2, -0.15) is 0 Å². The first-order chi connectivity index (χ1) is 12.2. The largest absolute Gasteiger partial charge is 0.444 e. The van der Waals surface area contributed by atoms with Gasteiger partial charge in [0, 0.05) is 32.6 Å². The number of hydrogen-bond donors (Lipinski definition) is 2. The highest BCUT2D eigenvalue weighted by molar-refractivity contribution is 5.76. The SMILES string of the molecule is CC.CNC(CC(=O)NCC1CCCCC1)CN(C)C(=O)OC(C)(C)C. The lowest BCUT2D eigenvalue weighted by molar-refractivity contribution is -0.121. The predicted molar refractivity (Wildman–Crippen MR) is 107 cm³/mol. The van der Waals surface area contributed by atoms with Crippen LogP contribution in [0.5, 0.6) is 0 Å². The Morgan fingerprint density at radius 2 is 1.73 bits per heavy atom. The molecule has 1 atom stereocenters. The van der Waals surface area contributed by atoms with Crippen LogP contribution in [0.2, 0.25) is 0 Å². The minimum absolute atomic E-state index is 0.0394. The van der Waals surface area contributed by atoms with Crippen molar-refractivity contribution in [3.05, 3.63) is 0 Å². The van der Waals surface area contributed by atoms with E-state index >= 15 is 0 Å². The van der Waals surface area contributed by atoms with E-state index in [1.165, 1.54) is 37.0 Å². The molecule has 2 N–H and O–H groups in total. The molecule has 2 amide bonds. The number of carbonyl (C=O) groups excluding carboxylic acids is 2. The van der Waals surface area contributed by atoms with Crippen molar-refractivity contribution in [1.29, 1.82) is 0 Å². The summed E-state index contributed by atoms with van der Waals surface area (Å²) in [5.41, 5.74) is -0.516. The summed E-state index contributed by atoms with van der Waals surface area (Å²) in [7, 11) is 3.50. The first-order valence-electron chi connectivity index (χ1n) is 10.1. The van der Waals surface area contributed by atoms with Crippen molar-refractivity contribution >= 4 is 12.0 Å². The molecule has 6 nitrogen and oxygen atoms in total. The molecule has 0 aromatic carbocycles. The Bertz CT molecular complexity index is 402. The molecule has 0 bridgehead atoms. The monoisotopic (exact) mass is 371 g/mol. The number of amides is 2. The molecule has 1 aliphatic rings. The highest BCUT2D eigenvalue weighted by Crippen LogP contribution is 2.22. The van der Waals surface area contributed by atoms with Gasteiger partial charge in [-0.15, -0.1) is 0 Å². The third-order valence-electron chi connectivity index (χ3n) is 4.35. The number of hydrogen-bond acceptors (Lipinski definition) is 4. The van der Waals surface area contributed by atoms with Gasteiger partial charge in [0.05, 0.1) is 0 Å². The van der Waals surface area contributed by atoms with E-state index < -0.39 is 5.60 Å². The lowest BCUT2D eigenvalue weighted by Crippen LogP contribution is -2.45. The molecule has 154 valence electrons. The number of likely N-dealkylation sites (N-methyl/N-ethyl adjacent to an activating group) is 2. The predicted octanol–water partition coefficient (Wildman–Crippen LogP) is 3.55. The number of nitrogens with zero attached hydrogens (tertiary/aromatic N) is 1. The van der Waals surface area contributed by atoms with Crippen LogP contribution in [0.3, 0.4) is 0 Å². The zero-order valence-corrected chi connectivity index (χ0v) is 18.0. The molecule has 1 saturated carbocycles. The summed E-state index contributed by atoms with van der Waals surface area (Å²) in [6, 6.07) is -0.0890. The molecule has 0 saturated heterocycles. The van der Waals surface area contributed by atoms with Crippen molar-refractivity contribution in [1.82, 2.24) is 15.5 Å². The average molecular weight is 372 g/mol. The number of nitrogens with one attached hydrogen (secondary N) is 2. The topological polar surface area (TPSA) is 70.7 Å². The molecule has 0 aromatic heterocycles. The Labute approximate surface area is 160 Å². The smallest absolute Gasteiger partial charge is 0.410 e. The van der Waals surface area contributed by atoms with Crippen LogP contribution in [0, 0.1) is 5.92 Å². The molecule has 1 fully saturated rings. The highest BCUT2D eigenvalue weighted by Gasteiger charge is 2.23. The van der Waals surface area contributed by atoms with E-state index in [4.69, 9.17) is 4.74 Å². The maximum Gasteiger partial charge on any atom is 0.410 e. The van der Waals surface area contributed by atoms with E-state index in [-0.39, 0.29) is 18.0 Å². The van der Waals surface area contributed by atoms with Crippen molar-refractivity contribution in [3.8, 4) is 0 Å². The fraction of sp³-hybridized carbons (Fsp3) is 0.900. The Hall–Kier alpha value is -1.30. The first kappa shape index (κ1) is 24.7. The molecule has 0 aromatic rings. The van der Waals surface area contributed by atoms with Crippen molar-refractivity contribution in [2.45, 2.75) is 84.8 Å². The lowest BCUT2D eigenvalue weighted by atomic mass is 9.89. The summed E-state index contributed by atoms with van der Waals surface area (Å²) >= 11 is 0. The van der Waals surface area contributed by atoms with Crippen LogP contribution in [0.25, 0.3) is 0 Å². The average Bonchev–Trinajstić information content (AvgIpc) is 2.60. The van der Waals surface area contributed by atoms with Crippen molar-refractivity contribution < 1.29 is 14.3 Å². The van der Waals surface area contributed by atoms with Crippen LogP contribution < -0.4 is 10.6 Å². The van der Waals surface area contributed by atoms with E-state index in [9.17, 15) is 9.59 Å². The van der Waals surface area contributed by atoms with E-state index in [2.05, 4.69) is 10.6 Å². The maximum absolute atomic E-state index is 12.1. The Kier molecular flexibility index (Phi) is 12.3. The number of rotatable bonds is 7. The minimum Gasteiger partial charge on any atom is -0.444 e. The summed E-state index contributed by atoms with van der Waals surface area (Å²) in [5, 5.41) is 6.15. The van der Waals surface area contributed by atoms with Gasteiger partial charge in [-0.3, -0.25) is 4.79 Å². The Balaban J connectivity index is 0.00000301. The molecule has 0 spiro atoms. The van der Waals surface area contributed by atoms with E-state index in [1.807, 2.05) is 41.7 Å². The molecule has 1 unspecified atom stereocenters. The highest BCUT2D eigenvalue weighted by atomic mass is 16.6. The van der Waals surface area contributed by atoms with Gasteiger partial charge >= 0.3 is 6.09 Å². The van der Waals surface area contributed by atoms with Crippen molar-refractivity contribution in [2.75, 3.05) is 27.2 Å². The molecule has 1 rings (SSSR count). The number of carbonyl (C=O) groups is 2. The fourth-order valence-electron chi connectivity index (χ4n) is 2.95. The van der Waals surface area contributed by atoms with Crippen LogP contribution >= 0.6 is 0 Å². The van der Waals surface area contributed by atoms with Crippen molar-refractivity contribution in [3.63, 3.8) is 0 Å². The minimum atomic E-state index is -0.516. The van der Waals surface area contributed by atoms with Crippen LogP contribution in [-0.4, -0.2) is 55.7 Å². The fourth-order valence-corrected chi connectivity index (χ4v) is 2.95. The van der Waals surface area contributed by atoms with Crippen LogP contribution in [0.15, 0.2) is 0 Å². The molecule has 1 aliphatic carbocycles. The van der Waals surface area contributed by atoms with E-state index in [0.29, 0.717) is 18.9 Å². The molecular formula is C20H41N3O3. The quantitative estimate of drug-likeness (QED) is 0.718. The van der Waals surface area contributed by atoms with Crippen molar-refractivity contribution in [2.24, 2.45) is 5.92 Å². The summed E-state index contributed by atoms with van der Waals surface area (Å²) in [4.78, 5) is 25.7. The Morgan fingerprint density at radius 3 is 2.23 bits per heavy atom. The third kappa shape index (κ3) is 11.3. The number of ether oxygens (including phenoxy) is 1. The molecule has 0 heterocycles. The molecule has 6 heteroatoms. The molecule has 0 radical (unpaired) electrons. The zero-order chi connectivity index (χ0) is 20.2. The van der Waals surface area contributed by atoms with Crippen LogP contribution in [-0.2, 0) is 9.53 Å². The second-order valence-corrected chi connectivity index (χ2v) is 7.86. The lowest BCUT2D eigenvalue weighted by Gasteiger charge is -2.27.